The highest BCUT2D eigenvalue weighted by atomic mass is 16.6. The van der Waals surface area contributed by atoms with Crippen LogP contribution in [0, 0.1) is 10.1 Å². The van der Waals surface area contributed by atoms with Crippen LogP contribution in [0.4, 0.5) is 0 Å². The molecular formula is C11H11NO3. The van der Waals surface area contributed by atoms with Gasteiger partial charge in [-0.2, -0.15) is 0 Å². The molecule has 1 aromatic carbocycles. The zero-order valence-corrected chi connectivity index (χ0v) is 8.13. The van der Waals surface area contributed by atoms with Gasteiger partial charge < -0.3 is 4.74 Å². The van der Waals surface area contributed by atoms with Crippen LogP contribution in [-0.2, 0) is 0 Å². The van der Waals surface area contributed by atoms with Gasteiger partial charge >= 0.3 is 0 Å². The SMILES string of the molecule is C=CCOc1ccccc1/C=C\[N+](=O)[O-]. The Labute approximate surface area is 87.6 Å². The van der Waals surface area contributed by atoms with Crippen LogP contribution in [0.25, 0.3) is 6.08 Å². The molecule has 0 aliphatic rings. The average Bonchev–Trinajstić information content (AvgIpc) is 2.24. The van der Waals surface area contributed by atoms with Gasteiger partial charge in [-0.25, -0.2) is 0 Å². The monoisotopic (exact) mass is 205 g/mol. The first kappa shape index (κ1) is 11.0. The van der Waals surface area contributed by atoms with Crippen LogP contribution < -0.4 is 4.74 Å². The Kier molecular flexibility index (Phi) is 4.09. The maximum Gasteiger partial charge on any atom is 0.235 e. The van der Waals surface area contributed by atoms with E-state index in [2.05, 4.69) is 6.58 Å². The van der Waals surface area contributed by atoms with Crippen LogP contribution >= 0.6 is 0 Å². The number of benzene rings is 1. The van der Waals surface area contributed by atoms with Crippen molar-refractivity contribution < 1.29 is 9.66 Å². The maximum absolute atomic E-state index is 10.2. The van der Waals surface area contributed by atoms with Gasteiger partial charge in [-0.1, -0.05) is 30.9 Å². The Bertz CT molecular complexity index is 385. The maximum atomic E-state index is 10.2. The Morgan fingerprint density at radius 2 is 2.20 bits per heavy atom. The lowest BCUT2D eigenvalue weighted by Gasteiger charge is -2.05. The Balaban J connectivity index is 2.85. The van der Waals surface area contributed by atoms with Crippen molar-refractivity contribution in [1.82, 2.24) is 0 Å². The number of hydrogen-bond acceptors (Lipinski definition) is 3. The molecule has 0 saturated carbocycles. The fourth-order valence-electron chi connectivity index (χ4n) is 1.04. The number of nitro groups is 1. The molecule has 0 bridgehead atoms. The van der Waals surface area contributed by atoms with E-state index in [1.165, 1.54) is 6.08 Å². The molecule has 4 heteroatoms. The number of hydrogen-bond donors (Lipinski definition) is 0. The van der Waals surface area contributed by atoms with Crippen LogP contribution in [0.15, 0.2) is 43.1 Å². The second-order valence-electron chi connectivity index (χ2n) is 2.74. The van der Waals surface area contributed by atoms with Gasteiger partial charge in [0.2, 0.25) is 6.20 Å². The summed E-state index contributed by atoms with van der Waals surface area (Å²) in [5, 5.41) is 10.2. The summed E-state index contributed by atoms with van der Waals surface area (Å²) < 4.78 is 5.33. The average molecular weight is 205 g/mol. The van der Waals surface area contributed by atoms with Crippen LogP contribution in [-0.4, -0.2) is 11.5 Å². The van der Waals surface area contributed by atoms with Crippen LogP contribution in [0.2, 0.25) is 0 Å². The second kappa shape index (κ2) is 5.59. The summed E-state index contributed by atoms with van der Waals surface area (Å²) in [5.74, 6) is 0.607. The van der Waals surface area contributed by atoms with Crippen LogP contribution in [0.3, 0.4) is 0 Å². The number of nitrogens with zero attached hydrogens (tertiary/aromatic N) is 1. The molecule has 0 saturated heterocycles. The van der Waals surface area contributed by atoms with Crippen LogP contribution in [0.5, 0.6) is 5.75 Å². The standard InChI is InChI=1S/C11H11NO3/c1-2-9-15-11-6-4-3-5-10(11)7-8-12(13)14/h2-8H,1,9H2/b8-7-. The summed E-state index contributed by atoms with van der Waals surface area (Å²) in [6.07, 6.45) is 3.91. The quantitative estimate of drug-likeness (QED) is 0.421. The molecule has 0 aliphatic heterocycles. The van der Waals surface area contributed by atoms with E-state index >= 15 is 0 Å². The summed E-state index contributed by atoms with van der Waals surface area (Å²) >= 11 is 0. The fourth-order valence-corrected chi connectivity index (χ4v) is 1.04. The smallest absolute Gasteiger partial charge is 0.235 e. The van der Waals surface area contributed by atoms with Crippen molar-refractivity contribution >= 4 is 6.08 Å². The van der Waals surface area contributed by atoms with Crippen molar-refractivity contribution in [2.24, 2.45) is 0 Å². The van der Waals surface area contributed by atoms with E-state index in [0.717, 1.165) is 6.20 Å². The largest absolute Gasteiger partial charge is 0.489 e. The third-order valence-electron chi connectivity index (χ3n) is 1.65. The van der Waals surface area contributed by atoms with Gasteiger partial charge in [0.05, 0.1) is 4.92 Å². The highest BCUT2D eigenvalue weighted by Crippen LogP contribution is 2.19. The topological polar surface area (TPSA) is 52.4 Å². The summed E-state index contributed by atoms with van der Waals surface area (Å²) in [4.78, 5) is 9.65. The summed E-state index contributed by atoms with van der Waals surface area (Å²) in [5.41, 5.74) is 0.677. The normalized spacial score (nSPS) is 10.1. The zero-order valence-electron chi connectivity index (χ0n) is 8.13. The van der Waals surface area contributed by atoms with E-state index in [9.17, 15) is 10.1 Å². The van der Waals surface area contributed by atoms with E-state index in [1.54, 1.807) is 24.3 Å². The van der Waals surface area contributed by atoms with Gasteiger partial charge in [0.25, 0.3) is 0 Å². The van der Waals surface area contributed by atoms with Crippen molar-refractivity contribution in [3.8, 4) is 5.75 Å². The van der Waals surface area contributed by atoms with Gasteiger partial charge in [0.15, 0.2) is 0 Å². The lowest BCUT2D eigenvalue weighted by atomic mass is 10.2. The molecule has 1 aromatic rings. The van der Waals surface area contributed by atoms with E-state index in [0.29, 0.717) is 17.9 Å². The molecule has 0 aromatic heterocycles. The number of ether oxygens (including phenoxy) is 1. The molecule has 1 rings (SSSR count). The van der Waals surface area contributed by atoms with Crippen LogP contribution in [0.1, 0.15) is 5.56 Å². The van der Waals surface area contributed by atoms with Gasteiger partial charge in [-0.05, 0) is 6.07 Å². The lowest BCUT2D eigenvalue weighted by Crippen LogP contribution is -1.94. The molecule has 0 aliphatic carbocycles. The minimum atomic E-state index is -0.510. The summed E-state index contributed by atoms with van der Waals surface area (Å²) in [7, 11) is 0. The molecule has 15 heavy (non-hydrogen) atoms. The lowest BCUT2D eigenvalue weighted by molar-refractivity contribution is -0.400. The van der Waals surface area contributed by atoms with Crippen molar-refractivity contribution in [3.63, 3.8) is 0 Å². The Morgan fingerprint density at radius 3 is 2.87 bits per heavy atom. The predicted molar refractivity (Wildman–Crippen MR) is 58.2 cm³/mol. The molecule has 0 fully saturated rings. The zero-order chi connectivity index (χ0) is 11.1. The molecular weight excluding hydrogens is 194 g/mol. The minimum Gasteiger partial charge on any atom is -0.489 e. The van der Waals surface area contributed by atoms with Crippen molar-refractivity contribution in [1.29, 1.82) is 0 Å². The fraction of sp³-hybridized carbons (Fsp3) is 0.0909. The molecule has 0 radical (unpaired) electrons. The van der Waals surface area contributed by atoms with Gasteiger partial charge in [0.1, 0.15) is 12.4 Å². The molecule has 0 heterocycles. The number of para-hydroxylation sites is 1. The van der Waals surface area contributed by atoms with E-state index in [4.69, 9.17) is 4.74 Å². The van der Waals surface area contributed by atoms with E-state index in [-0.39, 0.29) is 0 Å². The minimum absolute atomic E-state index is 0.378. The highest BCUT2D eigenvalue weighted by molar-refractivity contribution is 5.56. The molecule has 0 atom stereocenters. The van der Waals surface area contributed by atoms with Gasteiger partial charge in [0, 0.05) is 11.6 Å². The predicted octanol–water partition coefficient (Wildman–Crippen LogP) is 2.50. The van der Waals surface area contributed by atoms with Crippen molar-refractivity contribution in [2.45, 2.75) is 0 Å². The molecule has 0 amide bonds. The molecule has 78 valence electrons. The first-order valence-corrected chi connectivity index (χ1v) is 4.38. The molecule has 0 spiro atoms. The first-order valence-electron chi connectivity index (χ1n) is 4.38. The second-order valence-corrected chi connectivity index (χ2v) is 2.74. The summed E-state index contributed by atoms with van der Waals surface area (Å²) in [6, 6.07) is 7.10. The third kappa shape index (κ3) is 3.64. The first-order chi connectivity index (χ1) is 7.24. The van der Waals surface area contributed by atoms with Crippen molar-refractivity contribution in [2.75, 3.05) is 6.61 Å². The van der Waals surface area contributed by atoms with E-state index < -0.39 is 4.92 Å². The molecule has 0 N–H and O–H groups in total. The third-order valence-corrected chi connectivity index (χ3v) is 1.65. The van der Waals surface area contributed by atoms with Crippen molar-refractivity contribution in [3.05, 3.63) is 58.8 Å². The van der Waals surface area contributed by atoms with E-state index in [1.807, 2.05) is 6.07 Å². The van der Waals surface area contributed by atoms with Gasteiger partial charge in [-0.15, -0.1) is 0 Å². The molecule has 0 unspecified atom stereocenters. The Hall–Kier alpha value is -2.10. The van der Waals surface area contributed by atoms with Gasteiger partial charge in [-0.3, -0.25) is 10.1 Å². The highest BCUT2D eigenvalue weighted by Gasteiger charge is 1.99. The summed E-state index contributed by atoms with van der Waals surface area (Å²) in [6.45, 7) is 3.91. The molecule has 4 nitrogen and oxygen atoms in total. The number of rotatable bonds is 5. The Morgan fingerprint density at radius 1 is 1.47 bits per heavy atom.